The Labute approximate surface area is 144 Å². The Bertz CT molecular complexity index is 540. The van der Waals surface area contributed by atoms with Crippen LogP contribution in [0.25, 0.3) is 0 Å². The van der Waals surface area contributed by atoms with Crippen LogP contribution in [0.2, 0.25) is 0 Å². The number of nitrogens with zero attached hydrogens (tertiary/aromatic N) is 1. The Balaban J connectivity index is 1.96. The zero-order valence-electron chi connectivity index (χ0n) is 15.0. The molecule has 0 radical (unpaired) electrons. The molecule has 0 atom stereocenters. The van der Waals surface area contributed by atoms with E-state index >= 15 is 0 Å². The summed E-state index contributed by atoms with van der Waals surface area (Å²) in [6, 6.07) is 7.20. The van der Waals surface area contributed by atoms with Gasteiger partial charge in [-0.05, 0) is 64.8 Å². The highest BCUT2D eigenvalue weighted by Crippen LogP contribution is 2.35. The van der Waals surface area contributed by atoms with Gasteiger partial charge in [-0.15, -0.1) is 0 Å². The van der Waals surface area contributed by atoms with Crippen LogP contribution in [-0.2, 0) is 16.0 Å². The first-order chi connectivity index (χ1) is 11.5. The number of likely N-dealkylation sites (N-methyl/N-ethyl adjacent to an activating group) is 1. The van der Waals surface area contributed by atoms with Gasteiger partial charge in [0.15, 0.2) is 0 Å². The molecule has 0 spiro atoms. The first-order valence-corrected chi connectivity index (χ1v) is 8.75. The second kappa shape index (κ2) is 8.58. The van der Waals surface area contributed by atoms with E-state index in [-0.39, 0.29) is 29.9 Å². The lowest BCUT2D eigenvalue weighted by molar-refractivity contribution is -0.126. The lowest BCUT2D eigenvalue weighted by Gasteiger charge is -2.45. The Morgan fingerprint density at radius 1 is 1.33 bits per heavy atom. The molecule has 24 heavy (non-hydrogen) atoms. The molecule has 1 aromatic rings. The van der Waals surface area contributed by atoms with Gasteiger partial charge in [-0.2, -0.15) is 0 Å². The maximum atomic E-state index is 14.1. The lowest BCUT2D eigenvalue weighted by atomic mass is 9.74. The normalized spacial score (nSPS) is 24.1. The lowest BCUT2D eigenvalue weighted by Crippen LogP contribution is -2.52. The van der Waals surface area contributed by atoms with Crippen molar-refractivity contribution in [2.24, 2.45) is 0 Å². The smallest absolute Gasteiger partial charge is 0.246 e. The van der Waals surface area contributed by atoms with Crippen LogP contribution in [0.15, 0.2) is 24.3 Å². The Hall–Kier alpha value is -1.46. The molecule has 2 rings (SSSR count). The molecule has 0 saturated heterocycles. The van der Waals surface area contributed by atoms with Crippen LogP contribution >= 0.6 is 0 Å². The standard InChI is InChI=1S/C19H29FN2O2/c1-4-24-14-18(23)21-16-9-11-19(12-10-16,22(2)3)13-15-7-5-6-8-17(15)20/h5-8,16H,4,9-14H2,1-3H3,(H,21,23). The van der Waals surface area contributed by atoms with Crippen LogP contribution in [-0.4, -0.2) is 49.7 Å². The predicted octanol–water partition coefficient (Wildman–Crippen LogP) is 2.76. The van der Waals surface area contributed by atoms with Crippen molar-refractivity contribution in [2.45, 2.75) is 50.6 Å². The highest BCUT2D eigenvalue weighted by molar-refractivity contribution is 5.77. The largest absolute Gasteiger partial charge is 0.372 e. The molecule has 1 fully saturated rings. The third-order valence-corrected chi connectivity index (χ3v) is 5.14. The monoisotopic (exact) mass is 336 g/mol. The fourth-order valence-electron chi connectivity index (χ4n) is 3.54. The number of carbonyl (C=O) groups excluding carboxylic acids is 1. The van der Waals surface area contributed by atoms with Gasteiger partial charge < -0.3 is 15.0 Å². The van der Waals surface area contributed by atoms with E-state index in [9.17, 15) is 9.18 Å². The third kappa shape index (κ3) is 4.77. The van der Waals surface area contributed by atoms with E-state index in [0.29, 0.717) is 13.0 Å². The summed E-state index contributed by atoms with van der Waals surface area (Å²) < 4.78 is 19.2. The molecular formula is C19H29FN2O2. The summed E-state index contributed by atoms with van der Waals surface area (Å²) in [5.41, 5.74) is 0.716. The van der Waals surface area contributed by atoms with Gasteiger partial charge in [0.1, 0.15) is 12.4 Å². The van der Waals surface area contributed by atoms with E-state index < -0.39 is 0 Å². The van der Waals surface area contributed by atoms with E-state index in [1.165, 1.54) is 6.07 Å². The van der Waals surface area contributed by atoms with Crippen LogP contribution in [0, 0.1) is 5.82 Å². The summed E-state index contributed by atoms with van der Waals surface area (Å²) in [7, 11) is 4.13. The highest BCUT2D eigenvalue weighted by Gasteiger charge is 2.38. The van der Waals surface area contributed by atoms with Crippen molar-refractivity contribution in [2.75, 3.05) is 27.3 Å². The number of rotatable bonds is 7. The van der Waals surface area contributed by atoms with Gasteiger partial charge in [0.05, 0.1) is 0 Å². The van der Waals surface area contributed by atoms with Crippen molar-refractivity contribution in [3.05, 3.63) is 35.6 Å². The predicted molar refractivity (Wildman–Crippen MR) is 93.4 cm³/mol. The minimum Gasteiger partial charge on any atom is -0.372 e. The number of benzene rings is 1. The molecule has 1 N–H and O–H groups in total. The summed E-state index contributed by atoms with van der Waals surface area (Å²) in [4.78, 5) is 14.0. The van der Waals surface area contributed by atoms with Gasteiger partial charge in [0, 0.05) is 18.2 Å². The summed E-state index contributed by atoms with van der Waals surface area (Å²) in [5.74, 6) is -0.181. The Kier molecular flexibility index (Phi) is 6.75. The molecule has 1 amide bonds. The van der Waals surface area contributed by atoms with Crippen LogP contribution in [0.3, 0.4) is 0 Å². The minimum absolute atomic E-state index is 0.0479. The van der Waals surface area contributed by atoms with Crippen LogP contribution in [0.1, 0.15) is 38.2 Å². The Morgan fingerprint density at radius 3 is 2.58 bits per heavy atom. The van der Waals surface area contributed by atoms with E-state index in [2.05, 4.69) is 24.3 Å². The zero-order chi connectivity index (χ0) is 17.6. The van der Waals surface area contributed by atoms with Gasteiger partial charge >= 0.3 is 0 Å². The van der Waals surface area contributed by atoms with Gasteiger partial charge in [0.25, 0.3) is 0 Å². The SMILES string of the molecule is CCOCC(=O)NC1CCC(Cc2ccccc2F)(N(C)C)CC1. The number of amides is 1. The van der Waals surface area contributed by atoms with E-state index in [4.69, 9.17) is 4.74 Å². The highest BCUT2D eigenvalue weighted by atomic mass is 19.1. The molecule has 0 aromatic heterocycles. The van der Waals surface area contributed by atoms with Crippen molar-refractivity contribution < 1.29 is 13.9 Å². The fraction of sp³-hybridized carbons (Fsp3) is 0.632. The maximum absolute atomic E-state index is 14.1. The van der Waals surface area contributed by atoms with E-state index in [1.807, 2.05) is 19.1 Å². The Morgan fingerprint density at radius 2 is 2.00 bits per heavy atom. The molecule has 5 heteroatoms. The molecule has 0 aliphatic heterocycles. The molecule has 4 nitrogen and oxygen atoms in total. The third-order valence-electron chi connectivity index (χ3n) is 5.14. The number of carbonyl (C=O) groups is 1. The summed E-state index contributed by atoms with van der Waals surface area (Å²) in [6.45, 7) is 2.55. The fourth-order valence-corrected chi connectivity index (χ4v) is 3.54. The molecule has 1 saturated carbocycles. The molecule has 0 heterocycles. The van der Waals surface area contributed by atoms with E-state index in [1.54, 1.807) is 6.07 Å². The zero-order valence-corrected chi connectivity index (χ0v) is 15.0. The van der Waals surface area contributed by atoms with Gasteiger partial charge in [0.2, 0.25) is 5.91 Å². The molecule has 134 valence electrons. The number of hydrogen-bond donors (Lipinski definition) is 1. The van der Waals surface area contributed by atoms with Crippen molar-refractivity contribution >= 4 is 5.91 Å². The number of halogens is 1. The van der Waals surface area contributed by atoms with Crippen LogP contribution in [0.5, 0.6) is 0 Å². The number of nitrogens with one attached hydrogen (secondary N) is 1. The van der Waals surface area contributed by atoms with Crippen molar-refractivity contribution in [1.82, 2.24) is 10.2 Å². The van der Waals surface area contributed by atoms with Crippen molar-refractivity contribution in [3.8, 4) is 0 Å². The van der Waals surface area contributed by atoms with Crippen LogP contribution < -0.4 is 5.32 Å². The molecule has 0 unspecified atom stereocenters. The average Bonchev–Trinajstić information content (AvgIpc) is 2.57. The summed E-state index contributed by atoms with van der Waals surface area (Å²) in [6.07, 6.45) is 4.39. The molecule has 1 aliphatic carbocycles. The van der Waals surface area contributed by atoms with Crippen molar-refractivity contribution in [1.29, 1.82) is 0 Å². The number of hydrogen-bond acceptors (Lipinski definition) is 3. The van der Waals surface area contributed by atoms with Crippen molar-refractivity contribution in [3.63, 3.8) is 0 Å². The second-order valence-electron chi connectivity index (χ2n) is 6.87. The molecule has 0 bridgehead atoms. The molecule has 1 aliphatic rings. The van der Waals surface area contributed by atoms with E-state index in [0.717, 1.165) is 31.2 Å². The summed E-state index contributed by atoms with van der Waals surface area (Å²) >= 11 is 0. The maximum Gasteiger partial charge on any atom is 0.246 e. The van der Waals surface area contributed by atoms with Gasteiger partial charge in [-0.25, -0.2) is 4.39 Å². The van der Waals surface area contributed by atoms with Crippen LogP contribution in [0.4, 0.5) is 4.39 Å². The average molecular weight is 336 g/mol. The first kappa shape index (κ1) is 18.9. The van der Waals surface area contributed by atoms with Gasteiger partial charge in [-0.1, -0.05) is 18.2 Å². The molecule has 1 aromatic carbocycles. The van der Waals surface area contributed by atoms with Gasteiger partial charge in [-0.3, -0.25) is 4.79 Å². The summed E-state index contributed by atoms with van der Waals surface area (Å²) in [5, 5.41) is 3.05. The topological polar surface area (TPSA) is 41.6 Å². The number of ether oxygens (including phenoxy) is 1. The quantitative estimate of drug-likeness (QED) is 0.832. The first-order valence-electron chi connectivity index (χ1n) is 8.75. The minimum atomic E-state index is -0.133. The second-order valence-corrected chi connectivity index (χ2v) is 6.87. The molecular weight excluding hydrogens is 307 g/mol.